The van der Waals surface area contributed by atoms with E-state index in [1.165, 1.54) is 0 Å². The molecule has 3 heteroatoms. The Balaban J connectivity index is 2.28. The zero-order valence-corrected chi connectivity index (χ0v) is 9.33. The lowest BCUT2D eigenvalue weighted by molar-refractivity contribution is 0.0433. The van der Waals surface area contributed by atoms with Crippen LogP contribution >= 0.6 is 0 Å². The Bertz CT molecular complexity index is 144. The summed E-state index contributed by atoms with van der Waals surface area (Å²) in [5, 5.41) is 12.7. The van der Waals surface area contributed by atoms with Crippen LogP contribution in [0.3, 0.4) is 0 Å². The molecule has 0 aromatic rings. The first-order valence-electron chi connectivity index (χ1n) is 5.66. The van der Waals surface area contributed by atoms with Gasteiger partial charge in [-0.1, -0.05) is 13.8 Å². The molecule has 0 aromatic carbocycles. The van der Waals surface area contributed by atoms with Gasteiger partial charge in [-0.3, -0.25) is 0 Å². The summed E-state index contributed by atoms with van der Waals surface area (Å²) in [4.78, 5) is 0. The van der Waals surface area contributed by atoms with Crippen molar-refractivity contribution in [3.05, 3.63) is 0 Å². The van der Waals surface area contributed by atoms with Gasteiger partial charge in [0.05, 0.1) is 6.61 Å². The molecule has 0 spiro atoms. The Morgan fingerprint density at radius 1 is 1.36 bits per heavy atom. The summed E-state index contributed by atoms with van der Waals surface area (Å²) in [6.45, 7) is 7.31. The summed E-state index contributed by atoms with van der Waals surface area (Å²) in [5.41, 5.74) is 0. The van der Waals surface area contributed by atoms with Gasteiger partial charge in [-0.25, -0.2) is 0 Å². The van der Waals surface area contributed by atoms with Gasteiger partial charge in [0.2, 0.25) is 0 Å². The molecule has 0 aliphatic carbocycles. The Hall–Kier alpha value is -0.120. The van der Waals surface area contributed by atoms with Crippen LogP contribution in [0.1, 0.15) is 26.7 Å². The molecule has 1 heterocycles. The summed E-state index contributed by atoms with van der Waals surface area (Å²) < 4.78 is 5.31. The van der Waals surface area contributed by atoms with Crippen LogP contribution in [0.15, 0.2) is 0 Å². The second-order valence-corrected chi connectivity index (χ2v) is 4.54. The van der Waals surface area contributed by atoms with Crippen molar-refractivity contribution in [2.75, 3.05) is 26.4 Å². The minimum atomic E-state index is 0.247. The van der Waals surface area contributed by atoms with Crippen molar-refractivity contribution in [1.29, 1.82) is 0 Å². The molecule has 84 valence electrons. The summed E-state index contributed by atoms with van der Waals surface area (Å²) in [7, 11) is 0. The first-order chi connectivity index (χ1) is 6.74. The molecule has 0 radical (unpaired) electrons. The molecule has 14 heavy (non-hydrogen) atoms. The minimum Gasteiger partial charge on any atom is -0.395 e. The minimum absolute atomic E-state index is 0.247. The average molecular weight is 201 g/mol. The molecular weight excluding hydrogens is 178 g/mol. The third kappa shape index (κ3) is 3.95. The van der Waals surface area contributed by atoms with Gasteiger partial charge in [0.15, 0.2) is 0 Å². The molecule has 0 amide bonds. The van der Waals surface area contributed by atoms with Crippen molar-refractivity contribution in [3.8, 4) is 0 Å². The van der Waals surface area contributed by atoms with E-state index in [9.17, 15) is 5.11 Å². The molecule has 0 bridgehead atoms. The van der Waals surface area contributed by atoms with Crippen molar-refractivity contribution in [1.82, 2.24) is 5.32 Å². The van der Waals surface area contributed by atoms with Gasteiger partial charge in [0.25, 0.3) is 0 Å². The van der Waals surface area contributed by atoms with Crippen LogP contribution in [0.25, 0.3) is 0 Å². The van der Waals surface area contributed by atoms with Crippen LogP contribution in [0.2, 0.25) is 0 Å². The Morgan fingerprint density at radius 3 is 2.50 bits per heavy atom. The molecule has 0 aromatic heterocycles. The molecule has 1 aliphatic heterocycles. The van der Waals surface area contributed by atoms with E-state index in [0.717, 1.165) is 32.6 Å². The highest BCUT2D eigenvalue weighted by Gasteiger charge is 2.22. The molecule has 1 unspecified atom stereocenters. The van der Waals surface area contributed by atoms with Crippen LogP contribution < -0.4 is 5.32 Å². The van der Waals surface area contributed by atoms with E-state index in [1.807, 2.05) is 0 Å². The second-order valence-electron chi connectivity index (χ2n) is 4.54. The number of hydrogen-bond donors (Lipinski definition) is 2. The fourth-order valence-corrected chi connectivity index (χ4v) is 1.89. The molecule has 1 atom stereocenters. The largest absolute Gasteiger partial charge is 0.395 e. The molecule has 1 aliphatic rings. The van der Waals surface area contributed by atoms with Gasteiger partial charge in [0, 0.05) is 19.3 Å². The molecule has 2 N–H and O–H groups in total. The van der Waals surface area contributed by atoms with Gasteiger partial charge in [-0.15, -0.1) is 0 Å². The van der Waals surface area contributed by atoms with Crippen molar-refractivity contribution < 1.29 is 9.84 Å². The molecule has 1 fully saturated rings. The zero-order chi connectivity index (χ0) is 10.4. The van der Waals surface area contributed by atoms with Crippen LogP contribution in [0.5, 0.6) is 0 Å². The van der Waals surface area contributed by atoms with Crippen molar-refractivity contribution in [2.45, 2.75) is 32.7 Å². The van der Waals surface area contributed by atoms with E-state index in [2.05, 4.69) is 19.2 Å². The first kappa shape index (κ1) is 12.0. The standard InChI is InChI=1S/C11H23NO2/c1-9(2)7-12-11(8-13)10-3-5-14-6-4-10/h9-13H,3-8H2,1-2H3. The van der Waals surface area contributed by atoms with E-state index in [1.54, 1.807) is 0 Å². The molecule has 0 saturated carbocycles. The van der Waals surface area contributed by atoms with Gasteiger partial charge in [0.1, 0.15) is 0 Å². The molecular formula is C11H23NO2. The number of hydrogen-bond acceptors (Lipinski definition) is 3. The van der Waals surface area contributed by atoms with Gasteiger partial charge >= 0.3 is 0 Å². The maximum atomic E-state index is 9.29. The topological polar surface area (TPSA) is 41.5 Å². The van der Waals surface area contributed by atoms with Gasteiger partial charge in [-0.2, -0.15) is 0 Å². The highest BCUT2D eigenvalue weighted by Crippen LogP contribution is 2.18. The zero-order valence-electron chi connectivity index (χ0n) is 9.33. The quantitative estimate of drug-likeness (QED) is 0.698. The normalized spacial score (nSPS) is 21.4. The van der Waals surface area contributed by atoms with Crippen LogP contribution in [-0.2, 0) is 4.74 Å². The lowest BCUT2D eigenvalue weighted by atomic mass is 9.92. The average Bonchev–Trinajstić information content (AvgIpc) is 2.20. The monoisotopic (exact) mass is 201 g/mol. The Labute approximate surface area is 86.8 Å². The highest BCUT2D eigenvalue weighted by molar-refractivity contribution is 4.78. The van der Waals surface area contributed by atoms with E-state index in [-0.39, 0.29) is 12.6 Å². The first-order valence-corrected chi connectivity index (χ1v) is 5.66. The van der Waals surface area contributed by atoms with Crippen molar-refractivity contribution >= 4 is 0 Å². The highest BCUT2D eigenvalue weighted by atomic mass is 16.5. The smallest absolute Gasteiger partial charge is 0.0587 e. The third-order valence-corrected chi connectivity index (χ3v) is 2.82. The predicted octanol–water partition coefficient (Wildman–Crippen LogP) is 1.02. The fraction of sp³-hybridized carbons (Fsp3) is 1.00. The Morgan fingerprint density at radius 2 is 2.00 bits per heavy atom. The summed E-state index contributed by atoms with van der Waals surface area (Å²) in [5.74, 6) is 1.23. The fourth-order valence-electron chi connectivity index (χ4n) is 1.89. The van der Waals surface area contributed by atoms with Gasteiger partial charge in [-0.05, 0) is 31.2 Å². The number of nitrogens with one attached hydrogen (secondary N) is 1. The number of aliphatic hydroxyl groups is 1. The molecule has 1 saturated heterocycles. The van der Waals surface area contributed by atoms with E-state index < -0.39 is 0 Å². The van der Waals surface area contributed by atoms with E-state index in [0.29, 0.717) is 11.8 Å². The number of rotatable bonds is 5. The molecule has 1 rings (SSSR count). The lowest BCUT2D eigenvalue weighted by Gasteiger charge is -2.30. The Kier molecular flexibility index (Phi) is 5.45. The third-order valence-electron chi connectivity index (χ3n) is 2.82. The predicted molar refractivity (Wildman–Crippen MR) is 57.3 cm³/mol. The second kappa shape index (κ2) is 6.38. The number of aliphatic hydroxyl groups excluding tert-OH is 1. The van der Waals surface area contributed by atoms with Crippen LogP contribution in [-0.4, -0.2) is 37.5 Å². The SMILES string of the molecule is CC(C)CNC(CO)C1CCOCC1. The van der Waals surface area contributed by atoms with Crippen LogP contribution in [0.4, 0.5) is 0 Å². The van der Waals surface area contributed by atoms with Crippen LogP contribution in [0, 0.1) is 11.8 Å². The lowest BCUT2D eigenvalue weighted by Crippen LogP contribution is -2.43. The summed E-state index contributed by atoms with van der Waals surface area (Å²) >= 11 is 0. The van der Waals surface area contributed by atoms with Crippen molar-refractivity contribution in [3.63, 3.8) is 0 Å². The van der Waals surface area contributed by atoms with E-state index >= 15 is 0 Å². The van der Waals surface area contributed by atoms with Gasteiger partial charge < -0.3 is 15.2 Å². The molecule has 3 nitrogen and oxygen atoms in total. The number of ether oxygens (including phenoxy) is 1. The summed E-state index contributed by atoms with van der Waals surface area (Å²) in [6.07, 6.45) is 2.16. The summed E-state index contributed by atoms with van der Waals surface area (Å²) in [6, 6.07) is 0.265. The van der Waals surface area contributed by atoms with Crippen molar-refractivity contribution in [2.24, 2.45) is 11.8 Å². The van der Waals surface area contributed by atoms with E-state index in [4.69, 9.17) is 4.74 Å². The maximum absolute atomic E-state index is 9.29. The maximum Gasteiger partial charge on any atom is 0.0587 e.